The van der Waals surface area contributed by atoms with Gasteiger partial charge in [-0.2, -0.15) is 0 Å². The smallest absolute Gasteiger partial charge is 0.101 e. The molecule has 2 nitrogen and oxygen atoms in total. The van der Waals surface area contributed by atoms with E-state index >= 15 is 0 Å². The van der Waals surface area contributed by atoms with E-state index in [-0.39, 0.29) is 0 Å². The van der Waals surface area contributed by atoms with Crippen LogP contribution < -0.4 is 9.34 Å². The Morgan fingerprint density at radius 2 is 0.645 bits per heavy atom. The average Bonchev–Trinajstić information content (AvgIpc) is 2.82. The molecule has 156 valence electrons. The van der Waals surface area contributed by atoms with Gasteiger partial charge in [-0.15, -0.1) is 0 Å². The van der Waals surface area contributed by atoms with Gasteiger partial charge in [0.15, 0.2) is 0 Å². The quantitative estimate of drug-likeness (QED) is 0.230. The molecule has 0 amide bonds. The number of anilines is 4. The maximum atomic E-state index is 7.13. The predicted molar refractivity (Wildman–Crippen MR) is 140 cm³/mol. The van der Waals surface area contributed by atoms with E-state index < -0.39 is 14.9 Å². The number of benzene rings is 4. The van der Waals surface area contributed by atoms with Crippen molar-refractivity contribution in [1.82, 2.24) is 0 Å². The zero-order chi connectivity index (χ0) is 21.5. The summed E-state index contributed by atoms with van der Waals surface area (Å²) < 4.78 is 4.42. The third kappa shape index (κ3) is 5.59. The summed E-state index contributed by atoms with van der Waals surface area (Å²) in [5, 5.41) is 0. The first kappa shape index (κ1) is 22.1. The van der Waals surface area contributed by atoms with Crippen LogP contribution in [0, 0.1) is 0 Å². The molecule has 4 aromatic rings. The first-order valence-electron chi connectivity index (χ1n) is 9.91. The maximum absolute atomic E-state index is 7.13. The van der Waals surface area contributed by atoms with Crippen LogP contribution in [-0.4, -0.2) is 5.90 Å². The molecule has 0 aliphatic rings. The van der Waals surface area contributed by atoms with Gasteiger partial charge in [-0.25, -0.2) is 0 Å². The lowest BCUT2D eigenvalue weighted by molar-refractivity contribution is 1.40. The van der Waals surface area contributed by atoms with Crippen LogP contribution in [0.4, 0.5) is 22.7 Å². The van der Waals surface area contributed by atoms with E-state index in [1.165, 1.54) is 0 Å². The van der Waals surface area contributed by atoms with Crippen LogP contribution in [-0.2, 0) is 0 Å². The van der Waals surface area contributed by atoms with E-state index in [9.17, 15) is 0 Å². The fourth-order valence-corrected chi connectivity index (χ4v) is 9.98. The Labute approximate surface area is 196 Å². The van der Waals surface area contributed by atoms with Crippen molar-refractivity contribution in [2.75, 3.05) is 15.2 Å². The third-order valence-corrected chi connectivity index (χ3v) is 11.2. The van der Waals surface area contributed by atoms with Gasteiger partial charge in [0, 0.05) is 22.7 Å². The highest BCUT2D eigenvalue weighted by Gasteiger charge is 2.27. The topological polar surface area (TPSA) is 6.48 Å². The van der Waals surface area contributed by atoms with Crippen LogP contribution in [0.3, 0.4) is 0 Å². The maximum Gasteiger partial charge on any atom is 0.101 e. The second-order valence-corrected chi connectivity index (χ2v) is 12.4. The molecule has 31 heavy (non-hydrogen) atoms. The van der Waals surface area contributed by atoms with Gasteiger partial charge in [-0.1, -0.05) is 95.3 Å². The van der Waals surface area contributed by atoms with Crippen LogP contribution in [0.15, 0.2) is 121 Å². The Morgan fingerprint density at radius 3 is 0.871 bits per heavy atom. The molecule has 0 radical (unpaired) electrons. The summed E-state index contributed by atoms with van der Waals surface area (Å²) in [6.45, 7) is 0. The molecule has 4 rings (SSSR count). The highest BCUT2D eigenvalue weighted by atomic mass is 35.7. The first-order valence-corrected chi connectivity index (χ1v) is 14.7. The normalized spacial score (nSPS) is 12.7. The molecule has 0 heterocycles. The van der Waals surface area contributed by atoms with E-state index in [4.69, 9.17) is 22.5 Å². The minimum absolute atomic E-state index is 0.668. The molecule has 6 heteroatoms. The van der Waals surface area contributed by atoms with Crippen molar-refractivity contribution in [2.24, 2.45) is 0 Å². The molecule has 0 aromatic heterocycles. The van der Waals surface area contributed by atoms with E-state index in [1.54, 1.807) is 0 Å². The Morgan fingerprint density at radius 1 is 0.419 bits per heavy atom. The molecule has 0 bridgehead atoms. The van der Waals surface area contributed by atoms with Crippen LogP contribution in [0.1, 0.15) is 0 Å². The summed E-state index contributed by atoms with van der Waals surface area (Å²) in [5.41, 5.74) is 4.28. The van der Waals surface area contributed by atoms with Crippen molar-refractivity contribution in [3.8, 4) is 0 Å². The minimum atomic E-state index is -1.09. The fraction of sp³-hybridized carbons (Fsp3) is 0.0400. The second kappa shape index (κ2) is 11.0. The van der Waals surface area contributed by atoms with Crippen molar-refractivity contribution >= 4 is 60.1 Å². The van der Waals surface area contributed by atoms with E-state index in [0.717, 1.165) is 22.7 Å². The molecule has 2 atom stereocenters. The predicted octanol–water partition coefficient (Wildman–Crippen LogP) is 9.72. The van der Waals surface area contributed by atoms with E-state index in [2.05, 4.69) is 57.9 Å². The molecule has 0 aliphatic heterocycles. The number of hydrogen-bond donors (Lipinski definition) is 0. The van der Waals surface area contributed by atoms with E-state index in [1.807, 2.05) is 72.8 Å². The summed E-state index contributed by atoms with van der Waals surface area (Å²) in [5.74, 6) is 0.668. The molecule has 0 spiro atoms. The van der Waals surface area contributed by atoms with Gasteiger partial charge in [-0.05, 0) is 48.5 Å². The molecule has 0 fully saturated rings. The Bertz CT molecular complexity index is 888. The Balaban J connectivity index is 1.65. The van der Waals surface area contributed by atoms with Crippen LogP contribution in [0.25, 0.3) is 0 Å². The highest BCUT2D eigenvalue weighted by Crippen LogP contribution is 2.65. The van der Waals surface area contributed by atoms with Gasteiger partial charge in [0.2, 0.25) is 0 Å². The lowest BCUT2D eigenvalue weighted by Gasteiger charge is -2.34. The number of nitrogens with zero attached hydrogens (tertiary/aromatic N) is 2. The zero-order valence-corrected chi connectivity index (χ0v) is 20.1. The molecular formula is C25H22Cl2N2P2. The Kier molecular flexibility index (Phi) is 7.84. The number of para-hydroxylation sites is 4. The first-order chi connectivity index (χ1) is 15.2. The van der Waals surface area contributed by atoms with E-state index in [0.29, 0.717) is 5.90 Å². The van der Waals surface area contributed by atoms with Crippen LogP contribution in [0.2, 0.25) is 0 Å². The number of hydrogen-bond acceptors (Lipinski definition) is 2. The Hall–Kier alpha value is -2.08. The summed E-state index contributed by atoms with van der Waals surface area (Å²) >= 11 is 14.3. The summed E-state index contributed by atoms with van der Waals surface area (Å²) in [4.78, 5) is 0. The molecular weight excluding hydrogens is 461 g/mol. The van der Waals surface area contributed by atoms with Gasteiger partial charge >= 0.3 is 0 Å². The molecule has 0 N–H and O–H groups in total. The highest BCUT2D eigenvalue weighted by molar-refractivity contribution is 7.99. The summed E-state index contributed by atoms with van der Waals surface area (Å²) in [6.07, 6.45) is 0. The van der Waals surface area contributed by atoms with Gasteiger partial charge in [-0.3, -0.25) is 0 Å². The number of rotatable bonds is 8. The minimum Gasteiger partial charge on any atom is -0.306 e. The lowest BCUT2D eigenvalue weighted by Crippen LogP contribution is -2.13. The fourth-order valence-electron chi connectivity index (χ4n) is 3.30. The van der Waals surface area contributed by atoms with Gasteiger partial charge in [0.05, 0.1) is 5.90 Å². The largest absolute Gasteiger partial charge is 0.306 e. The van der Waals surface area contributed by atoms with Crippen LogP contribution in [0.5, 0.6) is 0 Å². The van der Waals surface area contributed by atoms with Crippen molar-refractivity contribution in [1.29, 1.82) is 0 Å². The lowest BCUT2D eigenvalue weighted by atomic mass is 10.3. The average molecular weight is 483 g/mol. The molecule has 4 aromatic carbocycles. The van der Waals surface area contributed by atoms with Gasteiger partial charge in [0.1, 0.15) is 14.9 Å². The van der Waals surface area contributed by atoms with Gasteiger partial charge < -0.3 is 9.34 Å². The monoisotopic (exact) mass is 482 g/mol. The zero-order valence-electron chi connectivity index (χ0n) is 16.8. The molecule has 0 saturated heterocycles. The van der Waals surface area contributed by atoms with Gasteiger partial charge in [0.25, 0.3) is 0 Å². The van der Waals surface area contributed by atoms with Crippen LogP contribution >= 0.6 is 37.3 Å². The van der Waals surface area contributed by atoms with Crippen molar-refractivity contribution in [3.63, 3.8) is 0 Å². The third-order valence-electron chi connectivity index (χ3n) is 4.67. The second-order valence-electron chi connectivity index (χ2n) is 6.78. The summed E-state index contributed by atoms with van der Waals surface area (Å²) in [6, 6.07) is 41.1. The van der Waals surface area contributed by atoms with Crippen molar-refractivity contribution < 1.29 is 0 Å². The standard InChI is InChI=1S/C25H22Cl2N2P2/c26-30(28(22-13-5-1-6-14-22)23-15-7-2-8-16-23)21-31(27)29(24-17-9-3-10-18-24)25-19-11-4-12-20-25/h1-20H,21H2. The van der Waals surface area contributed by atoms with Crippen molar-refractivity contribution in [3.05, 3.63) is 121 Å². The molecule has 0 saturated carbocycles. The van der Waals surface area contributed by atoms with Crippen molar-refractivity contribution in [2.45, 2.75) is 0 Å². The summed E-state index contributed by atoms with van der Waals surface area (Å²) in [7, 11) is -2.18. The molecule has 0 aliphatic carbocycles. The number of halogens is 2. The SMILES string of the molecule is ClP(CP(Cl)N(c1ccccc1)c1ccccc1)N(c1ccccc1)c1ccccc1. The molecule has 2 unspecified atom stereocenters.